The van der Waals surface area contributed by atoms with Gasteiger partial charge in [-0.3, -0.25) is 9.59 Å². The summed E-state index contributed by atoms with van der Waals surface area (Å²) in [5.41, 5.74) is 1.53. The predicted octanol–water partition coefficient (Wildman–Crippen LogP) is 3.08. The van der Waals surface area contributed by atoms with Crippen molar-refractivity contribution in [1.82, 2.24) is 9.55 Å². The Kier molecular flexibility index (Phi) is 5.10. The lowest BCUT2D eigenvalue weighted by Gasteiger charge is -2.04. The molecule has 0 bridgehead atoms. The van der Waals surface area contributed by atoms with Crippen molar-refractivity contribution in [2.75, 3.05) is 6.61 Å². The number of aromatic nitrogens is 2. The van der Waals surface area contributed by atoms with Crippen LogP contribution < -0.4 is 4.80 Å². The summed E-state index contributed by atoms with van der Waals surface area (Å²) < 4.78 is 7.72. The van der Waals surface area contributed by atoms with Crippen LogP contribution in [0.25, 0.3) is 10.2 Å². The first-order valence-corrected chi connectivity index (χ1v) is 9.40. The third kappa shape index (κ3) is 3.69. The van der Waals surface area contributed by atoms with Crippen LogP contribution >= 0.6 is 22.7 Å². The third-order valence-electron chi connectivity index (χ3n) is 3.48. The molecule has 3 rings (SSSR count). The maximum absolute atomic E-state index is 12.6. The maximum Gasteiger partial charge on any atom is 0.326 e. The SMILES string of the molecule is CCOC(=O)Cn1c(=NC(=O)c2sc(C)nc2C)sc2ccccc21. The number of esters is 1. The van der Waals surface area contributed by atoms with Crippen molar-refractivity contribution < 1.29 is 14.3 Å². The summed E-state index contributed by atoms with van der Waals surface area (Å²) in [6, 6.07) is 7.64. The maximum atomic E-state index is 12.6. The van der Waals surface area contributed by atoms with Crippen LogP contribution in [0.1, 0.15) is 27.3 Å². The zero-order chi connectivity index (χ0) is 18.0. The first-order chi connectivity index (χ1) is 12.0. The van der Waals surface area contributed by atoms with Gasteiger partial charge in [0.25, 0.3) is 5.91 Å². The number of para-hydroxylation sites is 1. The van der Waals surface area contributed by atoms with E-state index >= 15 is 0 Å². The average molecular weight is 375 g/mol. The minimum atomic E-state index is -0.357. The number of hydrogen-bond donors (Lipinski definition) is 0. The van der Waals surface area contributed by atoms with Crippen LogP contribution in [-0.2, 0) is 16.1 Å². The number of fused-ring (bicyclic) bond motifs is 1. The van der Waals surface area contributed by atoms with E-state index in [1.165, 1.54) is 22.7 Å². The van der Waals surface area contributed by atoms with Crippen LogP contribution in [0.3, 0.4) is 0 Å². The molecule has 0 spiro atoms. The summed E-state index contributed by atoms with van der Waals surface area (Å²) in [4.78, 5) is 34.0. The van der Waals surface area contributed by atoms with Crippen molar-refractivity contribution in [3.05, 3.63) is 44.6 Å². The van der Waals surface area contributed by atoms with Gasteiger partial charge in [0.1, 0.15) is 11.4 Å². The standard InChI is InChI=1S/C17H17N3O3S2/c1-4-23-14(21)9-20-12-7-5-6-8-13(12)25-17(20)19-16(22)15-10(2)18-11(3)24-15/h5-8H,4,9H2,1-3H3. The van der Waals surface area contributed by atoms with Crippen LogP contribution in [0.4, 0.5) is 0 Å². The number of carbonyl (C=O) groups excluding carboxylic acids is 2. The molecule has 0 aliphatic heterocycles. The number of aryl methyl sites for hydroxylation is 2. The summed E-state index contributed by atoms with van der Waals surface area (Å²) in [7, 11) is 0. The number of hydrogen-bond acceptors (Lipinski definition) is 6. The van der Waals surface area contributed by atoms with Gasteiger partial charge in [-0.05, 0) is 32.9 Å². The summed E-state index contributed by atoms with van der Waals surface area (Å²) in [5, 5.41) is 0.826. The van der Waals surface area contributed by atoms with Crippen molar-refractivity contribution in [3.63, 3.8) is 0 Å². The molecule has 0 N–H and O–H groups in total. The molecule has 2 aromatic heterocycles. The summed E-state index contributed by atoms with van der Waals surface area (Å²) >= 11 is 2.70. The Hall–Kier alpha value is -2.32. The van der Waals surface area contributed by atoms with Crippen molar-refractivity contribution in [1.29, 1.82) is 0 Å². The molecule has 0 aliphatic rings. The lowest BCUT2D eigenvalue weighted by atomic mass is 10.3. The monoisotopic (exact) mass is 375 g/mol. The number of carbonyl (C=O) groups is 2. The highest BCUT2D eigenvalue weighted by atomic mass is 32.1. The van der Waals surface area contributed by atoms with Gasteiger partial charge in [0.05, 0.1) is 27.5 Å². The number of benzene rings is 1. The highest BCUT2D eigenvalue weighted by Crippen LogP contribution is 2.19. The molecule has 0 radical (unpaired) electrons. The fourth-order valence-corrected chi connectivity index (χ4v) is 4.29. The minimum Gasteiger partial charge on any atom is -0.465 e. The molecule has 0 saturated heterocycles. The molecule has 1 aromatic carbocycles. The number of amides is 1. The van der Waals surface area contributed by atoms with Crippen LogP contribution in [0.5, 0.6) is 0 Å². The molecule has 1 amide bonds. The Morgan fingerprint density at radius 1 is 1.24 bits per heavy atom. The van der Waals surface area contributed by atoms with E-state index in [2.05, 4.69) is 9.98 Å². The average Bonchev–Trinajstić information content (AvgIpc) is 3.08. The van der Waals surface area contributed by atoms with Gasteiger partial charge in [-0.15, -0.1) is 11.3 Å². The van der Waals surface area contributed by atoms with E-state index in [9.17, 15) is 9.59 Å². The van der Waals surface area contributed by atoms with E-state index in [1.807, 2.05) is 31.2 Å². The number of thiazole rings is 2. The molecule has 8 heteroatoms. The molecule has 0 unspecified atom stereocenters. The fraction of sp³-hybridized carbons (Fsp3) is 0.294. The first kappa shape index (κ1) is 17.5. The molecular weight excluding hydrogens is 358 g/mol. The molecule has 0 fully saturated rings. The van der Waals surface area contributed by atoms with E-state index in [-0.39, 0.29) is 18.4 Å². The van der Waals surface area contributed by atoms with Gasteiger partial charge in [0, 0.05) is 0 Å². The van der Waals surface area contributed by atoms with Crippen molar-refractivity contribution in [3.8, 4) is 0 Å². The fourth-order valence-electron chi connectivity index (χ4n) is 2.46. The predicted molar refractivity (Wildman–Crippen MR) is 97.9 cm³/mol. The van der Waals surface area contributed by atoms with Crippen molar-refractivity contribution in [2.45, 2.75) is 27.3 Å². The van der Waals surface area contributed by atoms with Gasteiger partial charge < -0.3 is 9.30 Å². The van der Waals surface area contributed by atoms with Gasteiger partial charge >= 0.3 is 5.97 Å². The lowest BCUT2D eigenvalue weighted by Crippen LogP contribution is -2.23. The normalized spacial score (nSPS) is 11.9. The molecule has 2 heterocycles. The van der Waals surface area contributed by atoms with Crippen molar-refractivity contribution >= 4 is 44.8 Å². The topological polar surface area (TPSA) is 73.6 Å². The zero-order valence-electron chi connectivity index (χ0n) is 14.1. The quantitative estimate of drug-likeness (QED) is 0.657. The van der Waals surface area contributed by atoms with Crippen LogP contribution in [0.15, 0.2) is 29.3 Å². The smallest absolute Gasteiger partial charge is 0.326 e. The van der Waals surface area contributed by atoms with E-state index < -0.39 is 0 Å². The second-order valence-electron chi connectivity index (χ2n) is 5.31. The Labute approximate surface area is 152 Å². The Bertz CT molecular complexity index is 1010. The molecule has 0 saturated carbocycles. The first-order valence-electron chi connectivity index (χ1n) is 7.76. The van der Waals surface area contributed by atoms with Crippen LogP contribution in [0.2, 0.25) is 0 Å². The molecule has 0 aliphatic carbocycles. The molecule has 3 aromatic rings. The summed E-state index contributed by atoms with van der Waals surface area (Å²) in [6.07, 6.45) is 0. The van der Waals surface area contributed by atoms with Crippen LogP contribution in [-0.4, -0.2) is 28.0 Å². The number of rotatable bonds is 4. The molecule has 0 atom stereocenters. The second-order valence-corrected chi connectivity index (χ2v) is 7.52. The summed E-state index contributed by atoms with van der Waals surface area (Å²) in [6.45, 7) is 5.74. The lowest BCUT2D eigenvalue weighted by molar-refractivity contribution is -0.143. The Balaban J connectivity index is 2.09. The van der Waals surface area contributed by atoms with E-state index in [0.29, 0.717) is 22.0 Å². The van der Waals surface area contributed by atoms with Gasteiger partial charge in [-0.2, -0.15) is 4.99 Å². The Morgan fingerprint density at radius 2 is 2.00 bits per heavy atom. The molecular formula is C17H17N3O3S2. The van der Waals surface area contributed by atoms with E-state index in [0.717, 1.165) is 15.2 Å². The van der Waals surface area contributed by atoms with Gasteiger partial charge in [0.15, 0.2) is 4.80 Å². The summed E-state index contributed by atoms with van der Waals surface area (Å²) in [5.74, 6) is -0.697. The largest absolute Gasteiger partial charge is 0.465 e. The molecule has 25 heavy (non-hydrogen) atoms. The van der Waals surface area contributed by atoms with Crippen molar-refractivity contribution in [2.24, 2.45) is 4.99 Å². The Morgan fingerprint density at radius 3 is 2.68 bits per heavy atom. The van der Waals surface area contributed by atoms with E-state index in [4.69, 9.17) is 4.74 Å². The highest BCUT2D eigenvalue weighted by molar-refractivity contribution is 7.16. The third-order valence-corrected chi connectivity index (χ3v) is 5.60. The minimum absolute atomic E-state index is 0.0185. The highest BCUT2D eigenvalue weighted by Gasteiger charge is 2.15. The second kappa shape index (κ2) is 7.28. The van der Waals surface area contributed by atoms with Gasteiger partial charge in [-0.1, -0.05) is 23.5 Å². The van der Waals surface area contributed by atoms with Crippen LogP contribution in [0, 0.1) is 13.8 Å². The number of nitrogens with zero attached hydrogens (tertiary/aromatic N) is 3. The molecule has 130 valence electrons. The number of ether oxygens (including phenoxy) is 1. The van der Waals surface area contributed by atoms with Gasteiger partial charge in [0.2, 0.25) is 0 Å². The van der Waals surface area contributed by atoms with E-state index in [1.54, 1.807) is 18.4 Å². The zero-order valence-corrected chi connectivity index (χ0v) is 15.7. The van der Waals surface area contributed by atoms with Gasteiger partial charge in [-0.25, -0.2) is 4.98 Å². The molecule has 6 nitrogen and oxygen atoms in total.